The lowest BCUT2D eigenvalue weighted by Gasteiger charge is -2.26. The SMILES string of the molecule is CC(O)C(NC(=O)C(Cc1ccccc1)NC(=O)C(N)CCCN=C(N)N)C(=O)NC(CC(=O)O)C(=O)O. The number of aliphatic hydroxyl groups excluding tert-OH is 1. The van der Waals surface area contributed by atoms with Crippen molar-refractivity contribution in [3.05, 3.63) is 35.9 Å². The van der Waals surface area contributed by atoms with Gasteiger partial charge in [-0.05, 0) is 25.3 Å². The van der Waals surface area contributed by atoms with Gasteiger partial charge in [0.2, 0.25) is 17.7 Å². The lowest BCUT2D eigenvalue weighted by atomic mass is 10.0. The predicted molar refractivity (Wildman–Crippen MR) is 135 cm³/mol. The van der Waals surface area contributed by atoms with Gasteiger partial charge in [-0.1, -0.05) is 30.3 Å². The van der Waals surface area contributed by atoms with E-state index in [9.17, 15) is 34.2 Å². The molecule has 15 nitrogen and oxygen atoms in total. The minimum Gasteiger partial charge on any atom is -0.481 e. The minimum absolute atomic E-state index is 0.00402. The minimum atomic E-state index is -1.80. The summed E-state index contributed by atoms with van der Waals surface area (Å²) < 4.78 is 0. The van der Waals surface area contributed by atoms with Crippen molar-refractivity contribution >= 4 is 35.6 Å². The number of carboxylic acids is 2. The molecule has 1 rings (SSSR count). The molecule has 1 aromatic carbocycles. The molecule has 0 spiro atoms. The van der Waals surface area contributed by atoms with Gasteiger partial charge in [-0.25, -0.2) is 4.79 Å². The zero-order valence-corrected chi connectivity index (χ0v) is 20.9. The molecule has 0 heterocycles. The third kappa shape index (κ3) is 11.7. The maximum Gasteiger partial charge on any atom is 0.326 e. The molecule has 0 aromatic heterocycles. The molecule has 0 bridgehead atoms. The molecule has 0 aliphatic rings. The number of hydrogen-bond acceptors (Lipinski definition) is 8. The van der Waals surface area contributed by atoms with Crippen LogP contribution in [0.1, 0.15) is 31.7 Å². The highest BCUT2D eigenvalue weighted by atomic mass is 16.4. The molecular weight excluding hydrogens is 502 g/mol. The van der Waals surface area contributed by atoms with Crippen molar-refractivity contribution in [3.8, 4) is 0 Å². The van der Waals surface area contributed by atoms with Gasteiger partial charge in [-0.15, -0.1) is 0 Å². The lowest BCUT2D eigenvalue weighted by Crippen LogP contribution is -2.60. The van der Waals surface area contributed by atoms with Crippen LogP contribution in [0.4, 0.5) is 0 Å². The van der Waals surface area contributed by atoms with Crippen molar-refractivity contribution in [1.29, 1.82) is 0 Å². The van der Waals surface area contributed by atoms with Crippen molar-refractivity contribution < 1.29 is 39.3 Å². The number of aliphatic imine (C=N–C) groups is 1. The van der Waals surface area contributed by atoms with Crippen LogP contribution >= 0.6 is 0 Å². The monoisotopic (exact) mass is 537 g/mol. The Balaban J connectivity index is 3.02. The number of amides is 3. The largest absolute Gasteiger partial charge is 0.481 e. The van der Waals surface area contributed by atoms with Crippen molar-refractivity contribution in [1.82, 2.24) is 16.0 Å². The zero-order valence-electron chi connectivity index (χ0n) is 20.9. The average Bonchev–Trinajstić information content (AvgIpc) is 2.83. The predicted octanol–water partition coefficient (Wildman–Crippen LogP) is -3.00. The number of carboxylic acid groups (broad SMARTS) is 2. The van der Waals surface area contributed by atoms with Crippen LogP contribution in [-0.2, 0) is 30.4 Å². The molecule has 0 aliphatic heterocycles. The Hall–Kier alpha value is -4.24. The van der Waals surface area contributed by atoms with E-state index in [-0.39, 0.29) is 25.3 Å². The number of aliphatic hydroxyl groups is 1. The maximum atomic E-state index is 13.1. The van der Waals surface area contributed by atoms with Crippen LogP contribution in [0.15, 0.2) is 35.3 Å². The molecular formula is C23H35N7O8. The van der Waals surface area contributed by atoms with Crippen molar-refractivity contribution in [2.75, 3.05) is 6.54 Å². The quantitative estimate of drug-likeness (QED) is 0.0582. The molecule has 3 amide bonds. The molecule has 210 valence electrons. The van der Waals surface area contributed by atoms with Gasteiger partial charge in [-0.3, -0.25) is 24.2 Å². The zero-order chi connectivity index (χ0) is 28.8. The van der Waals surface area contributed by atoms with Gasteiger partial charge in [-0.2, -0.15) is 0 Å². The smallest absolute Gasteiger partial charge is 0.326 e. The van der Waals surface area contributed by atoms with Crippen LogP contribution in [0, 0.1) is 0 Å². The number of aliphatic carboxylic acids is 2. The lowest BCUT2D eigenvalue weighted by molar-refractivity contribution is -0.148. The molecule has 0 saturated heterocycles. The number of nitrogens with one attached hydrogen (secondary N) is 3. The van der Waals surface area contributed by atoms with Gasteiger partial charge < -0.3 is 48.5 Å². The first kappa shape index (κ1) is 31.8. The first-order valence-corrected chi connectivity index (χ1v) is 11.7. The first-order chi connectivity index (χ1) is 17.8. The van der Waals surface area contributed by atoms with Gasteiger partial charge in [0.15, 0.2) is 5.96 Å². The Labute approximate surface area is 218 Å². The summed E-state index contributed by atoms with van der Waals surface area (Å²) in [6.45, 7) is 1.43. The highest BCUT2D eigenvalue weighted by molar-refractivity contribution is 5.95. The van der Waals surface area contributed by atoms with E-state index in [0.717, 1.165) is 0 Å². The number of nitrogens with zero attached hydrogens (tertiary/aromatic N) is 1. The third-order valence-electron chi connectivity index (χ3n) is 5.28. The maximum absolute atomic E-state index is 13.1. The average molecular weight is 538 g/mol. The van der Waals surface area contributed by atoms with Crippen LogP contribution in [0.3, 0.4) is 0 Å². The van der Waals surface area contributed by atoms with Gasteiger partial charge in [0.25, 0.3) is 0 Å². The summed E-state index contributed by atoms with van der Waals surface area (Å²) in [6.07, 6.45) is -1.81. The van der Waals surface area contributed by atoms with E-state index in [1.54, 1.807) is 30.3 Å². The Morgan fingerprint density at radius 2 is 1.53 bits per heavy atom. The van der Waals surface area contributed by atoms with Crippen LogP contribution < -0.4 is 33.2 Å². The van der Waals surface area contributed by atoms with Gasteiger partial charge in [0, 0.05) is 13.0 Å². The van der Waals surface area contributed by atoms with Crippen LogP contribution in [0.2, 0.25) is 0 Å². The van der Waals surface area contributed by atoms with E-state index >= 15 is 0 Å². The summed E-state index contributed by atoms with van der Waals surface area (Å²) in [6, 6.07) is 2.96. The highest BCUT2D eigenvalue weighted by Gasteiger charge is 2.33. The fourth-order valence-electron chi connectivity index (χ4n) is 3.28. The van der Waals surface area contributed by atoms with Crippen LogP contribution in [0.5, 0.6) is 0 Å². The van der Waals surface area contributed by atoms with Crippen LogP contribution in [0.25, 0.3) is 0 Å². The molecule has 5 atom stereocenters. The van der Waals surface area contributed by atoms with E-state index in [1.807, 2.05) is 5.32 Å². The molecule has 1 aromatic rings. The third-order valence-corrected chi connectivity index (χ3v) is 5.28. The van der Waals surface area contributed by atoms with Crippen LogP contribution in [-0.4, -0.2) is 87.8 Å². The molecule has 5 unspecified atom stereocenters. The topological polar surface area (TPSA) is 273 Å². The molecule has 0 saturated carbocycles. The summed E-state index contributed by atoms with van der Waals surface area (Å²) in [5.74, 6) is -5.83. The number of rotatable bonds is 16. The number of nitrogens with two attached hydrogens (primary N) is 3. The van der Waals surface area contributed by atoms with Crippen molar-refractivity contribution in [2.45, 2.75) is 62.9 Å². The van der Waals surface area contributed by atoms with E-state index in [4.69, 9.17) is 22.3 Å². The second-order valence-corrected chi connectivity index (χ2v) is 8.53. The first-order valence-electron chi connectivity index (χ1n) is 11.7. The molecule has 15 heteroatoms. The van der Waals surface area contributed by atoms with E-state index < -0.39 is 66.4 Å². The molecule has 0 fully saturated rings. The summed E-state index contributed by atoms with van der Waals surface area (Å²) in [7, 11) is 0. The summed E-state index contributed by atoms with van der Waals surface area (Å²) in [4.78, 5) is 64.5. The molecule has 38 heavy (non-hydrogen) atoms. The van der Waals surface area contributed by atoms with E-state index in [2.05, 4.69) is 15.6 Å². The fraction of sp³-hybridized carbons (Fsp3) is 0.478. The fourth-order valence-corrected chi connectivity index (χ4v) is 3.28. The Bertz CT molecular complexity index is 999. The highest BCUT2D eigenvalue weighted by Crippen LogP contribution is 2.07. The summed E-state index contributed by atoms with van der Waals surface area (Å²) >= 11 is 0. The van der Waals surface area contributed by atoms with Crippen molar-refractivity contribution in [2.24, 2.45) is 22.2 Å². The molecule has 12 N–H and O–H groups in total. The Morgan fingerprint density at radius 1 is 0.921 bits per heavy atom. The molecule has 0 aliphatic carbocycles. The Morgan fingerprint density at radius 3 is 2.05 bits per heavy atom. The van der Waals surface area contributed by atoms with E-state index in [1.165, 1.54) is 6.92 Å². The van der Waals surface area contributed by atoms with Gasteiger partial charge in [0.05, 0.1) is 18.6 Å². The number of carbonyl (C=O) groups is 5. The second-order valence-electron chi connectivity index (χ2n) is 8.53. The Kier molecular flexibility index (Phi) is 13.2. The normalized spacial score (nSPS) is 14.6. The van der Waals surface area contributed by atoms with Gasteiger partial charge >= 0.3 is 11.9 Å². The second kappa shape index (κ2) is 15.8. The number of hydrogen-bond donors (Lipinski definition) is 9. The standard InChI is InChI=1S/C23H35N7O8/c1-12(31)18(21(36)29-16(22(37)38)11-17(32)33)30-20(35)15(10-13-6-3-2-4-7-13)28-19(34)14(24)8-5-9-27-23(25)26/h2-4,6-7,12,14-16,18,31H,5,8-11,24H2,1H3,(H,28,34)(H,29,36)(H,30,35)(H,32,33)(H,37,38)(H4,25,26,27). The molecule has 0 radical (unpaired) electrons. The summed E-state index contributed by atoms with van der Waals surface area (Å²) in [5.41, 5.74) is 17.1. The van der Waals surface area contributed by atoms with Crippen molar-refractivity contribution in [3.63, 3.8) is 0 Å². The number of guanidine groups is 1. The van der Waals surface area contributed by atoms with Gasteiger partial charge in [0.1, 0.15) is 18.1 Å². The summed E-state index contributed by atoms with van der Waals surface area (Å²) in [5, 5.41) is 35.0. The number of carbonyl (C=O) groups excluding carboxylic acids is 3. The van der Waals surface area contributed by atoms with E-state index in [0.29, 0.717) is 12.0 Å². The number of benzene rings is 1.